The second-order valence-corrected chi connectivity index (χ2v) is 5.31. The number of hydrogen-bond acceptors (Lipinski definition) is 4. The summed E-state index contributed by atoms with van der Waals surface area (Å²) in [5.41, 5.74) is 0. The van der Waals surface area contributed by atoms with Gasteiger partial charge >= 0.3 is 0 Å². The average Bonchev–Trinajstić information content (AvgIpc) is 2.27. The van der Waals surface area contributed by atoms with Gasteiger partial charge in [-0.3, -0.25) is 0 Å². The van der Waals surface area contributed by atoms with Crippen molar-refractivity contribution < 1.29 is 22.3 Å². The van der Waals surface area contributed by atoms with E-state index in [0.717, 1.165) is 12.3 Å². The predicted octanol–water partition coefficient (Wildman–Crippen LogP) is 0.641. The van der Waals surface area contributed by atoms with Gasteiger partial charge in [-0.05, 0) is 12.1 Å². The normalized spacial score (nSPS) is 12.7. The van der Waals surface area contributed by atoms with Crippen molar-refractivity contribution >= 4 is 21.6 Å². The van der Waals surface area contributed by atoms with Crippen LogP contribution in [0.4, 0.5) is 8.78 Å². The van der Waals surface area contributed by atoms with Gasteiger partial charge in [0.05, 0.1) is 6.54 Å². The van der Waals surface area contributed by atoms with Gasteiger partial charge in [0, 0.05) is 6.20 Å². The Morgan fingerprint density at radius 3 is 2.59 bits per heavy atom. The number of rotatable bonds is 5. The zero-order valence-corrected chi connectivity index (χ0v) is 9.97. The molecule has 0 saturated carbocycles. The van der Waals surface area contributed by atoms with Gasteiger partial charge in [-0.1, -0.05) is 11.6 Å². The van der Waals surface area contributed by atoms with Gasteiger partial charge in [0.25, 0.3) is 5.92 Å². The Kier molecular flexibility index (Phi) is 4.36. The maximum absolute atomic E-state index is 12.6. The van der Waals surface area contributed by atoms with E-state index < -0.39 is 29.1 Å². The number of hydrogen-bond donors (Lipinski definition) is 2. The van der Waals surface area contributed by atoms with Crippen molar-refractivity contribution in [2.45, 2.75) is 10.8 Å². The van der Waals surface area contributed by atoms with Gasteiger partial charge in [-0.15, -0.1) is 0 Å². The number of aliphatic hydroxyl groups is 1. The summed E-state index contributed by atoms with van der Waals surface area (Å²) in [6.07, 6.45) is 0.946. The summed E-state index contributed by atoms with van der Waals surface area (Å²) in [6, 6.07) is 2.36. The minimum absolute atomic E-state index is 0.0876. The van der Waals surface area contributed by atoms with Crippen LogP contribution >= 0.6 is 11.6 Å². The molecule has 0 unspecified atom stereocenters. The number of halogens is 3. The Morgan fingerprint density at radius 1 is 1.47 bits per heavy atom. The maximum atomic E-state index is 12.6. The second kappa shape index (κ2) is 5.21. The van der Waals surface area contributed by atoms with Crippen molar-refractivity contribution in [2.24, 2.45) is 0 Å². The Hall–Kier alpha value is -0.830. The van der Waals surface area contributed by atoms with Crippen LogP contribution in [0.2, 0.25) is 5.15 Å². The Labute approximate surface area is 101 Å². The Morgan fingerprint density at radius 2 is 2.12 bits per heavy atom. The minimum atomic E-state index is -4.08. The number of sulfonamides is 1. The molecule has 96 valence electrons. The zero-order valence-electron chi connectivity index (χ0n) is 8.40. The lowest BCUT2D eigenvalue weighted by Crippen LogP contribution is -2.38. The summed E-state index contributed by atoms with van der Waals surface area (Å²) in [5, 5.41) is 8.37. The molecule has 0 aliphatic rings. The van der Waals surface area contributed by atoms with Crippen LogP contribution in [0.3, 0.4) is 0 Å². The van der Waals surface area contributed by atoms with Crippen molar-refractivity contribution in [3.63, 3.8) is 0 Å². The number of aromatic nitrogens is 1. The number of pyridine rings is 1. The molecule has 0 spiro atoms. The van der Waals surface area contributed by atoms with Gasteiger partial charge in [0.2, 0.25) is 10.0 Å². The van der Waals surface area contributed by atoms with Gasteiger partial charge < -0.3 is 5.11 Å². The van der Waals surface area contributed by atoms with E-state index in [1.807, 2.05) is 0 Å². The third-order valence-electron chi connectivity index (χ3n) is 1.76. The lowest BCUT2D eigenvalue weighted by molar-refractivity contribution is -0.0437. The highest BCUT2D eigenvalue weighted by Crippen LogP contribution is 2.14. The van der Waals surface area contributed by atoms with E-state index in [1.165, 1.54) is 6.07 Å². The summed E-state index contributed by atoms with van der Waals surface area (Å²) in [7, 11) is -4.08. The molecule has 1 heterocycles. The first-order chi connectivity index (χ1) is 7.77. The van der Waals surface area contributed by atoms with Crippen LogP contribution in [0.25, 0.3) is 0 Å². The van der Waals surface area contributed by atoms with Crippen molar-refractivity contribution in [2.75, 3.05) is 13.2 Å². The molecule has 1 aromatic heterocycles. The average molecular weight is 287 g/mol. The maximum Gasteiger partial charge on any atom is 0.283 e. The van der Waals surface area contributed by atoms with E-state index in [0.29, 0.717) is 0 Å². The van der Waals surface area contributed by atoms with Crippen molar-refractivity contribution in [1.29, 1.82) is 0 Å². The molecule has 0 saturated heterocycles. The van der Waals surface area contributed by atoms with E-state index in [-0.39, 0.29) is 10.0 Å². The molecule has 0 bridgehead atoms. The van der Waals surface area contributed by atoms with Gasteiger partial charge in [0.15, 0.2) is 0 Å². The second-order valence-electron chi connectivity index (χ2n) is 3.16. The molecule has 0 fully saturated rings. The van der Waals surface area contributed by atoms with E-state index >= 15 is 0 Å². The zero-order chi connectivity index (χ0) is 13.1. The lowest BCUT2D eigenvalue weighted by Gasteiger charge is -2.13. The molecule has 17 heavy (non-hydrogen) atoms. The molecule has 0 aliphatic carbocycles. The van der Waals surface area contributed by atoms with Crippen LogP contribution in [-0.4, -0.2) is 37.6 Å². The van der Waals surface area contributed by atoms with Crippen LogP contribution in [-0.2, 0) is 10.0 Å². The number of alkyl halides is 2. The fourth-order valence-electron chi connectivity index (χ4n) is 0.861. The molecule has 5 nitrogen and oxygen atoms in total. The SMILES string of the molecule is O=S(=O)(NCC(F)(F)CO)c1ccc(Cl)nc1. The highest BCUT2D eigenvalue weighted by Gasteiger charge is 2.30. The Balaban J connectivity index is 2.79. The minimum Gasteiger partial charge on any atom is -0.390 e. The molecule has 0 atom stereocenters. The fraction of sp³-hybridized carbons (Fsp3) is 0.375. The van der Waals surface area contributed by atoms with Crippen molar-refractivity contribution in [1.82, 2.24) is 9.71 Å². The first-order valence-corrected chi connectivity index (χ1v) is 6.23. The molecule has 9 heteroatoms. The number of aliphatic hydroxyl groups excluding tert-OH is 1. The van der Waals surface area contributed by atoms with E-state index in [1.54, 1.807) is 4.72 Å². The Bertz CT molecular complexity index is 478. The highest BCUT2D eigenvalue weighted by molar-refractivity contribution is 7.89. The van der Waals surface area contributed by atoms with Crippen LogP contribution in [0, 0.1) is 0 Å². The predicted molar refractivity (Wildman–Crippen MR) is 56.5 cm³/mol. The summed E-state index contributed by atoms with van der Waals surface area (Å²) in [6.45, 7) is -2.62. The van der Waals surface area contributed by atoms with Crippen molar-refractivity contribution in [3.05, 3.63) is 23.5 Å². The topological polar surface area (TPSA) is 79.3 Å². The smallest absolute Gasteiger partial charge is 0.283 e. The first kappa shape index (κ1) is 14.2. The third-order valence-corrected chi connectivity index (χ3v) is 3.37. The van der Waals surface area contributed by atoms with E-state index in [2.05, 4.69) is 4.98 Å². The largest absolute Gasteiger partial charge is 0.390 e. The third kappa shape index (κ3) is 4.15. The van der Waals surface area contributed by atoms with Gasteiger partial charge in [0.1, 0.15) is 16.7 Å². The molecule has 2 N–H and O–H groups in total. The molecular weight excluding hydrogens is 278 g/mol. The number of nitrogens with one attached hydrogen (secondary N) is 1. The standard InChI is InChI=1S/C8H9ClF2N2O3S/c9-7-2-1-6(3-12-7)17(15,16)13-4-8(10,11)5-14/h1-3,13-14H,4-5H2. The first-order valence-electron chi connectivity index (χ1n) is 4.37. The molecule has 0 amide bonds. The van der Waals surface area contributed by atoms with Crippen LogP contribution in [0.15, 0.2) is 23.2 Å². The summed E-state index contributed by atoms with van der Waals surface area (Å²) in [5.74, 6) is -3.51. The van der Waals surface area contributed by atoms with Gasteiger partial charge in [-0.2, -0.15) is 0 Å². The molecule has 0 radical (unpaired) electrons. The van der Waals surface area contributed by atoms with Crippen LogP contribution in [0.1, 0.15) is 0 Å². The highest BCUT2D eigenvalue weighted by atomic mass is 35.5. The molecule has 0 aliphatic heterocycles. The fourth-order valence-corrected chi connectivity index (χ4v) is 1.98. The molecule has 0 aromatic carbocycles. The summed E-state index contributed by atoms with van der Waals surface area (Å²) in [4.78, 5) is 3.24. The van der Waals surface area contributed by atoms with Gasteiger partial charge in [-0.25, -0.2) is 26.9 Å². The van der Waals surface area contributed by atoms with Crippen LogP contribution in [0.5, 0.6) is 0 Å². The lowest BCUT2D eigenvalue weighted by atomic mass is 10.4. The van der Waals surface area contributed by atoms with Crippen molar-refractivity contribution in [3.8, 4) is 0 Å². The summed E-state index contributed by atoms with van der Waals surface area (Å²) >= 11 is 5.45. The van der Waals surface area contributed by atoms with E-state index in [4.69, 9.17) is 16.7 Å². The van der Waals surface area contributed by atoms with Crippen LogP contribution < -0.4 is 4.72 Å². The summed E-state index contributed by atoms with van der Waals surface area (Å²) < 4.78 is 50.0. The molecule has 1 aromatic rings. The number of nitrogens with zero attached hydrogens (tertiary/aromatic N) is 1. The van der Waals surface area contributed by atoms with E-state index in [9.17, 15) is 17.2 Å². The quantitative estimate of drug-likeness (QED) is 0.779. The monoisotopic (exact) mass is 286 g/mol. The molecular formula is C8H9ClF2N2O3S. The molecule has 1 rings (SSSR count).